The number of halogens is 1. The van der Waals surface area contributed by atoms with Gasteiger partial charge in [-0.3, -0.25) is 4.79 Å². The number of fused-ring (bicyclic) bond motifs is 1. The molecule has 1 atom stereocenters. The predicted molar refractivity (Wildman–Crippen MR) is 93.2 cm³/mol. The van der Waals surface area contributed by atoms with Crippen LogP contribution in [0.15, 0.2) is 48.5 Å². The van der Waals surface area contributed by atoms with Crippen molar-refractivity contribution in [3.63, 3.8) is 0 Å². The van der Waals surface area contributed by atoms with Crippen LogP contribution in [-0.2, 0) is 0 Å². The molecule has 0 saturated heterocycles. The Bertz CT molecular complexity index is 889. The zero-order valence-corrected chi connectivity index (χ0v) is 14.0. The van der Waals surface area contributed by atoms with Gasteiger partial charge in [-0.2, -0.15) is 0 Å². The second kappa shape index (κ2) is 6.94. The third-order valence-electron chi connectivity index (χ3n) is 4.30. The Labute approximate surface area is 144 Å². The molecular formula is C19H19FN2O3. The van der Waals surface area contributed by atoms with E-state index >= 15 is 0 Å². The summed E-state index contributed by atoms with van der Waals surface area (Å²) in [7, 11) is 3.18. The van der Waals surface area contributed by atoms with E-state index in [9.17, 15) is 14.3 Å². The molecule has 0 saturated carbocycles. The number of nitrogens with zero attached hydrogens (tertiary/aromatic N) is 1. The Morgan fingerprint density at radius 1 is 1.28 bits per heavy atom. The van der Waals surface area contributed by atoms with E-state index < -0.39 is 6.04 Å². The first kappa shape index (κ1) is 17.0. The van der Waals surface area contributed by atoms with Gasteiger partial charge in [0.1, 0.15) is 17.3 Å². The lowest BCUT2D eigenvalue weighted by atomic mass is 10.1. The number of H-pyrrole nitrogens is 1. The van der Waals surface area contributed by atoms with Gasteiger partial charge in [-0.1, -0.05) is 18.2 Å². The van der Waals surface area contributed by atoms with Gasteiger partial charge in [0.15, 0.2) is 0 Å². The van der Waals surface area contributed by atoms with Crippen LogP contribution < -0.4 is 4.74 Å². The minimum absolute atomic E-state index is 0.233. The fraction of sp³-hybridized carbons (Fsp3) is 0.211. The van der Waals surface area contributed by atoms with Crippen LogP contribution in [0.2, 0.25) is 0 Å². The summed E-state index contributed by atoms with van der Waals surface area (Å²) in [5.41, 5.74) is 1.61. The van der Waals surface area contributed by atoms with Crippen molar-refractivity contribution in [2.75, 3.05) is 20.8 Å². The van der Waals surface area contributed by atoms with Gasteiger partial charge in [-0.15, -0.1) is 0 Å². The van der Waals surface area contributed by atoms with E-state index in [4.69, 9.17) is 4.74 Å². The normalized spacial score (nSPS) is 12.2. The fourth-order valence-corrected chi connectivity index (χ4v) is 2.84. The molecule has 0 aliphatic rings. The number of aliphatic hydroxyl groups is 1. The first-order valence-electron chi connectivity index (χ1n) is 7.84. The SMILES string of the molecule is COc1ccc(C(CO)N(C)C(=O)c2cc3c(F)cccc3[nH]2)cc1. The molecule has 0 fully saturated rings. The minimum atomic E-state index is -0.519. The topological polar surface area (TPSA) is 65.6 Å². The summed E-state index contributed by atoms with van der Waals surface area (Å²) in [6, 6.07) is 12.8. The van der Waals surface area contributed by atoms with E-state index in [1.165, 1.54) is 17.0 Å². The highest BCUT2D eigenvalue weighted by Crippen LogP contribution is 2.25. The molecule has 1 unspecified atom stereocenters. The van der Waals surface area contributed by atoms with E-state index in [1.54, 1.807) is 50.6 Å². The van der Waals surface area contributed by atoms with Gasteiger partial charge < -0.3 is 19.7 Å². The molecule has 0 bridgehead atoms. The lowest BCUT2D eigenvalue weighted by molar-refractivity contribution is 0.0653. The molecule has 2 N–H and O–H groups in total. The summed E-state index contributed by atoms with van der Waals surface area (Å²) >= 11 is 0. The molecule has 0 spiro atoms. The number of carbonyl (C=O) groups is 1. The average molecular weight is 342 g/mol. The second-order valence-corrected chi connectivity index (χ2v) is 5.77. The quantitative estimate of drug-likeness (QED) is 0.749. The minimum Gasteiger partial charge on any atom is -0.497 e. The summed E-state index contributed by atoms with van der Waals surface area (Å²) in [6.45, 7) is -0.233. The fourth-order valence-electron chi connectivity index (χ4n) is 2.84. The predicted octanol–water partition coefficient (Wildman–Crippen LogP) is 3.12. The van der Waals surface area contributed by atoms with Crippen molar-refractivity contribution in [2.45, 2.75) is 6.04 Å². The Kier molecular flexibility index (Phi) is 4.72. The standard InChI is InChI=1S/C19H19FN2O3/c1-22(18(11-23)12-6-8-13(25-2)9-7-12)19(24)17-10-14-15(20)4-3-5-16(14)21-17/h3-10,18,21,23H,11H2,1-2H3. The highest BCUT2D eigenvalue weighted by molar-refractivity contribution is 5.98. The van der Waals surface area contributed by atoms with Gasteiger partial charge in [0, 0.05) is 18.0 Å². The zero-order valence-electron chi connectivity index (χ0n) is 14.0. The maximum absolute atomic E-state index is 13.8. The molecule has 130 valence electrons. The number of likely N-dealkylation sites (N-methyl/N-ethyl adjacent to an activating group) is 1. The summed E-state index contributed by atoms with van der Waals surface area (Å²) in [5.74, 6) is -0.0182. The van der Waals surface area contributed by atoms with Crippen molar-refractivity contribution in [1.29, 1.82) is 0 Å². The number of nitrogens with one attached hydrogen (secondary N) is 1. The molecule has 0 radical (unpaired) electrons. The number of aliphatic hydroxyl groups excluding tert-OH is 1. The van der Waals surface area contributed by atoms with Crippen LogP contribution in [0.25, 0.3) is 10.9 Å². The van der Waals surface area contributed by atoms with Gasteiger partial charge in [-0.25, -0.2) is 4.39 Å². The van der Waals surface area contributed by atoms with Crippen LogP contribution >= 0.6 is 0 Å². The van der Waals surface area contributed by atoms with Crippen molar-refractivity contribution in [3.05, 3.63) is 65.6 Å². The number of aromatic amines is 1. The van der Waals surface area contributed by atoms with Crippen molar-refractivity contribution >= 4 is 16.8 Å². The lowest BCUT2D eigenvalue weighted by Crippen LogP contribution is -2.33. The summed E-state index contributed by atoms with van der Waals surface area (Å²) in [4.78, 5) is 17.1. The smallest absolute Gasteiger partial charge is 0.270 e. The molecule has 0 aliphatic heterocycles. The van der Waals surface area contributed by atoms with Crippen molar-refractivity contribution in [2.24, 2.45) is 0 Å². The Morgan fingerprint density at radius 2 is 2.00 bits per heavy atom. The first-order valence-corrected chi connectivity index (χ1v) is 7.84. The number of hydrogen-bond donors (Lipinski definition) is 2. The molecule has 1 amide bonds. The third-order valence-corrected chi connectivity index (χ3v) is 4.30. The number of benzene rings is 2. The van der Waals surface area contributed by atoms with Crippen molar-refractivity contribution in [1.82, 2.24) is 9.88 Å². The van der Waals surface area contributed by atoms with Gasteiger partial charge in [0.25, 0.3) is 5.91 Å². The number of amides is 1. The average Bonchev–Trinajstić information content (AvgIpc) is 3.08. The van der Waals surface area contributed by atoms with Crippen molar-refractivity contribution < 1.29 is 19.0 Å². The molecule has 5 nitrogen and oxygen atoms in total. The number of aromatic nitrogens is 1. The molecule has 25 heavy (non-hydrogen) atoms. The Hall–Kier alpha value is -2.86. The molecule has 1 heterocycles. The van der Waals surface area contributed by atoms with Gasteiger partial charge >= 0.3 is 0 Å². The van der Waals surface area contributed by atoms with E-state index in [1.807, 2.05) is 0 Å². The molecule has 3 aromatic rings. The molecule has 0 aliphatic carbocycles. The maximum Gasteiger partial charge on any atom is 0.270 e. The molecular weight excluding hydrogens is 323 g/mol. The molecule has 1 aromatic heterocycles. The number of methoxy groups -OCH3 is 1. The number of carbonyl (C=O) groups excluding carboxylic acids is 1. The van der Waals surface area contributed by atoms with E-state index in [0.29, 0.717) is 16.7 Å². The van der Waals surface area contributed by atoms with E-state index in [2.05, 4.69) is 4.98 Å². The Morgan fingerprint density at radius 3 is 2.60 bits per heavy atom. The number of ether oxygens (including phenoxy) is 1. The van der Waals surface area contributed by atoms with Crippen molar-refractivity contribution in [3.8, 4) is 5.75 Å². The van der Waals surface area contributed by atoms with Crippen LogP contribution in [0.1, 0.15) is 22.1 Å². The summed E-state index contributed by atoms with van der Waals surface area (Å²) in [6.07, 6.45) is 0. The van der Waals surface area contributed by atoms with Crippen LogP contribution in [0.4, 0.5) is 4.39 Å². The number of hydrogen-bond acceptors (Lipinski definition) is 3. The first-order chi connectivity index (χ1) is 12.0. The second-order valence-electron chi connectivity index (χ2n) is 5.77. The molecule has 2 aromatic carbocycles. The van der Waals surface area contributed by atoms with Gasteiger partial charge in [0.05, 0.1) is 19.8 Å². The molecule has 3 rings (SSSR count). The monoisotopic (exact) mass is 342 g/mol. The maximum atomic E-state index is 13.8. The highest BCUT2D eigenvalue weighted by Gasteiger charge is 2.24. The van der Waals surface area contributed by atoms with E-state index in [-0.39, 0.29) is 24.0 Å². The van der Waals surface area contributed by atoms with Crippen LogP contribution in [0.5, 0.6) is 5.75 Å². The lowest BCUT2D eigenvalue weighted by Gasteiger charge is -2.26. The van der Waals surface area contributed by atoms with Crippen LogP contribution in [-0.4, -0.2) is 41.7 Å². The highest BCUT2D eigenvalue weighted by atomic mass is 19.1. The summed E-state index contributed by atoms with van der Waals surface area (Å²) in [5, 5.41) is 10.1. The third kappa shape index (κ3) is 3.21. The van der Waals surface area contributed by atoms with Gasteiger partial charge in [0.2, 0.25) is 0 Å². The Balaban J connectivity index is 1.89. The zero-order chi connectivity index (χ0) is 18.0. The van der Waals surface area contributed by atoms with Gasteiger partial charge in [-0.05, 0) is 35.9 Å². The number of rotatable bonds is 5. The van der Waals surface area contributed by atoms with Crippen LogP contribution in [0.3, 0.4) is 0 Å². The summed E-state index contributed by atoms with van der Waals surface area (Å²) < 4.78 is 18.9. The largest absolute Gasteiger partial charge is 0.497 e. The van der Waals surface area contributed by atoms with Crippen LogP contribution in [0, 0.1) is 5.82 Å². The molecule has 6 heteroatoms. The van der Waals surface area contributed by atoms with E-state index in [0.717, 1.165) is 5.56 Å².